The molecular weight excluding hydrogens is 443 g/mol. The van der Waals surface area contributed by atoms with E-state index in [9.17, 15) is 23.1 Å². The van der Waals surface area contributed by atoms with E-state index >= 15 is 0 Å². The van der Waals surface area contributed by atoms with E-state index in [1.165, 1.54) is 36.4 Å². The van der Waals surface area contributed by atoms with Crippen LogP contribution in [0.25, 0.3) is 0 Å². The first kappa shape index (κ1) is 23.0. The fourth-order valence-electron chi connectivity index (χ4n) is 2.75. The number of halogens is 4. The van der Waals surface area contributed by atoms with Gasteiger partial charge in [-0.25, -0.2) is 0 Å². The molecule has 0 aliphatic rings. The summed E-state index contributed by atoms with van der Waals surface area (Å²) in [5, 5.41) is 20.0. The van der Waals surface area contributed by atoms with Crippen LogP contribution in [0.5, 0.6) is 5.75 Å². The molecule has 0 radical (unpaired) electrons. The summed E-state index contributed by atoms with van der Waals surface area (Å²) < 4.78 is 38.9. The number of para-hydroxylation sites is 3. The number of alkyl halides is 3. The quantitative estimate of drug-likeness (QED) is 0.294. The van der Waals surface area contributed by atoms with Crippen molar-refractivity contribution < 1.29 is 23.1 Å². The van der Waals surface area contributed by atoms with E-state index in [0.717, 1.165) is 0 Å². The minimum absolute atomic E-state index is 0.0203. The molecule has 0 spiro atoms. The molecule has 0 fully saturated rings. The van der Waals surface area contributed by atoms with Crippen LogP contribution >= 0.6 is 11.6 Å². The summed E-state index contributed by atoms with van der Waals surface area (Å²) in [7, 11) is 0. The summed E-state index contributed by atoms with van der Waals surface area (Å²) >= 11 is 6.08. The number of carbonyl (C=O) groups excluding carboxylic acids is 1. The van der Waals surface area contributed by atoms with Crippen molar-refractivity contribution in [2.45, 2.75) is 12.6 Å². The fourth-order valence-corrected chi connectivity index (χ4v) is 2.93. The molecule has 164 valence electrons. The number of carbonyl (C=O) groups is 1. The SMILES string of the molecule is N=C(CC(=Nc1ccccc1Cl)c1ccc(C(=O)Nc2ccccc2O)cc1)C(F)(F)F. The van der Waals surface area contributed by atoms with Gasteiger partial charge in [-0.05, 0) is 42.0 Å². The van der Waals surface area contributed by atoms with Crippen LogP contribution in [0.4, 0.5) is 24.5 Å². The van der Waals surface area contributed by atoms with Gasteiger partial charge in [-0.3, -0.25) is 9.79 Å². The molecule has 0 atom stereocenters. The number of hydrogen-bond donors (Lipinski definition) is 3. The molecule has 1 amide bonds. The molecule has 9 heteroatoms. The van der Waals surface area contributed by atoms with Crippen LogP contribution in [-0.4, -0.2) is 28.6 Å². The first-order valence-electron chi connectivity index (χ1n) is 9.31. The number of phenolic OH excluding ortho intramolecular Hbond substituents is 1. The predicted molar refractivity (Wildman–Crippen MR) is 119 cm³/mol. The van der Waals surface area contributed by atoms with Gasteiger partial charge in [0.1, 0.15) is 11.5 Å². The van der Waals surface area contributed by atoms with Crippen molar-refractivity contribution in [1.29, 1.82) is 5.41 Å². The average Bonchev–Trinajstić information content (AvgIpc) is 2.75. The fraction of sp³-hybridized carbons (Fsp3) is 0.0870. The molecule has 0 aromatic heterocycles. The molecule has 3 rings (SSSR count). The largest absolute Gasteiger partial charge is 0.506 e. The van der Waals surface area contributed by atoms with Crippen LogP contribution in [0.3, 0.4) is 0 Å². The van der Waals surface area contributed by atoms with E-state index in [2.05, 4.69) is 10.3 Å². The van der Waals surface area contributed by atoms with E-state index in [4.69, 9.17) is 17.0 Å². The monoisotopic (exact) mass is 459 g/mol. The zero-order valence-corrected chi connectivity index (χ0v) is 17.2. The number of anilines is 1. The number of benzene rings is 3. The Labute approximate surface area is 186 Å². The number of nitrogens with zero attached hydrogens (tertiary/aromatic N) is 1. The van der Waals surface area contributed by atoms with Crippen molar-refractivity contribution in [3.63, 3.8) is 0 Å². The number of nitrogens with one attached hydrogen (secondary N) is 2. The average molecular weight is 460 g/mol. The summed E-state index contributed by atoms with van der Waals surface area (Å²) in [6, 6.07) is 18.3. The highest BCUT2D eigenvalue weighted by Gasteiger charge is 2.35. The summed E-state index contributed by atoms with van der Waals surface area (Å²) in [4.78, 5) is 16.7. The molecule has 32 heavy (non-hydrogen) atoms. The van der Waals surface area contributed by atoms with Crippen molar-refractivity contribution in [3.8, 4) is 5.75 Å². The first-order chi connectivity index (χ1) is 15.1. The van der Waals surface area contributed by atoms with Gasteiger partial charge in [-0.2, -0.15) is 13.2 Å². The summed E-state index contributed by atoms with van der Waals surface area (Å²) in [5.41, 5.74) is -0.461. The molecule has 3 N–H and O–H groups in total. The van der Waals surface area contributed by atoms with Crippen molar-refractivity contribution in [2.75, 3.05) is 5.32 Å². The highest BCUT2D eigenvalue weighted by Crippen LogP contribution is 2.27. The zero-order chi connectivity index (χ0) is 23.3. The standard InChI is InChI=1S/C23H17ClF3N3O2/c24-16-5-1-2-6-17(16)29-19(13-21(28)23(25,26)27)14-9-11-15(12-10-14)22(32)30-18-7-3-4-8-20(18)31/h1-12,28,31H,13H2,(H,30,32). The van der Waals surface area contributed by atoms with Crippen molar-refractivity contribution in [2.24, 2.45) is 4.99 Å². The van der Waals surface area contributed by atoms with E-state index in [0.29, 0.717) is 5.56 Å². The molecule has 0 aliphatic heterocycles. The maximum Gasteiger partial charge on any atom is 0.429 e. The normalized spacial score (nSPS) is 11.8. The Balaban J connectivity index is 1.90. The lowest BCUT2D eigenvalue weighted by atomic mass is 10.0. The lowest BCUT2D eigenvalue weighted by molar-refractivity contribution is -0.0605. The number of hydrogen-bond acceptors (Lipinski definition) is 4. The van der Waals surface area contributed by atoms with Gasteiger partial charge in [0.15, 0.2) is 0 Å². The zero-order valence-electron chi connectivity index (χ0n) is 16.4. The Kier molecular flexibility index (Phi) is 6.95. The van der Waals surface area contributed by atoms with Gasteiger partial charge in [0, 0.05) is 12.0 Å². The Hall–Kier alpha value is -3.65. The molecule has 0 saturated carbocycles. The number of amides is 1. The number of rotatable bonds is 6. The van der Waals surface area contributed by atoms with E-state index in [1.807, 2.05) is 0 Å². The van der Waals surface area contributed by atoms with Crippen LogP contribution in [0.15, 0.2) is 77.8 Å². The minimum Gasteiger partial charge on any atom is -0.506 e. The summed E-state index contributed by atoms with van der Waals surface area (Å²) in [5.74, 6) is -0.608. The van der Waals surface area contributed by atoms with Gasteiger partial charge in [-0.15, -0.1) is 0 Å². The van der Waals surface area contributed by atoms with E-state index < -0.39 is 24.2 Å². The Morgan fingerprint density at radius 1 is 0.969 bits per heavy atom. The van der Waals surface area contributed by atoms with Gasteiger partial charge >= 0.3 is 6.18 Å². The lowest BCUT2D eigenvalue weighted by Crippen LogP contribution is -2.25. The van der Waals surface area contributed by atoms with E-state index in [-0.39, 0.29) is 33.4 Å². The van der Waals surface area contributed by atoms with Crippen LogP contribution in [0, 0.1) is 5.41 Å². The summed E-state index contributed by atoms with van der Waals surface area (Å²) in [6.45, 7) is 0. The smallest absolute Gasteiger partial charge is 0.429 e. The minimum atomic E-state index is -4.79. The lowest BCUT2D eigenvalue weighted by Gasteiger charge is -2.12. The second-order valence-electron chi connectivity index (χ2n) is 6.71. The van der Waals surface area contributed by atoms with Crippen LogP contribution < -0.4 is 5.32 Å². The molecule has 5 nitrogen and oxygen atoms in total. The Morgan fingerprint density at radius 3 is 2.19 bits per heavy atom. The van der Waals surface area contributed by atoms with Crippen LogP contribution in [0.1, 0.15) is 22.3 Å². The molecule has 0 heterocycles. The third kappa shape index (κ3) is 5.73. The summed E-state index contributed by atoms with van der Waals surface area (Å²) in [6.07, 6.45) is -5.56. The van der Waals surface area contributed by atoms with Gasteiger partial charge < -0.3 is 15.8 Å². The molecule has 0 unspecified atom stereocenters. The number of aromatic hydroxyl groups is 1. The topological polar surface area (TPSA) is 85.5 Å². The Morgan fingerprint density at radius 2 is 1.56 bits per heavy atom. The highest BCUT2D eigenvalue weighted by molar-refractivity contribution is 6.33. The Bertz CT molecular complexity index is 1180. The van der Waals surface area contributed by atoms with Crippen molar-refractivity contribution in [1.82, 2.24) is 0 Å². The third-order valence-corrected chi connectivity index (χ3v) is 4.75. The van der Waals surface area contributed by atoms with Gasteiger partial charge in [-0.1, -0.05) is 48.0 Å². The third-order valence-electron chi connectivity index (χ3n) is 4.43. The van der Waals surface area contributed by atoms with Gasteiger partial charge in [0.2, 0.25) is 0 Å². The number of aliphatic imine (C=N–C) groups is 1. The molecule has 3 aromatic carbocycles. The second kappa shape index (κ2) is 9.65. The van der Waals surface area contributed by atoms with Gasteiger partial charge in [0.25, 0.3) is 5.91 Å². The van der Waals surface area contributed by atoms with Crippen LogP contribution in [0.2, 0.25) is 5.02 Å². The maximum atomic E-state index is 13.0. The first-order valence-corrected chi connectivity index (χ1v) is 9.69. The maximum absolute atomic E-state index is 13.0. The predicted octanol–water partition coefficient (Wildman–Crippen LogP) is 6.39. The molecule has 0 saturated heterocycles. The molecule has 3 aromatic rings. The van der Waals surface area contributed by atoms with Crippen molar-refractivity contribution in [3.05, 3.63) is 88.9 Å². The van der Waals surface area contributed by atoms with Gasteiger partial charge in [0.05, 0.1) is 22.1 Å². The van der Waals surface area contributed by atoms with Crippen molar-refractivity contribution >= 4 is 40.3 Å². The molecular formula is C23H17ClF3N3O2. The molecule has 0 bridgehead atoms. The molecule has 0 aliphatic carbocycles. The van der Waals surface area contributed by atoms with E-state index in [1.54, 1.807) is 36.4 Å². The van der Waals surface area contributed by atoms with Crippen LogP contribution in [-0.2, 0) is 0 Å². The highest BCUT2D eigenvalue weighted by atomic mass is 35.5. The number of phenols is 1. The second-order valence-corrected chi connectivity index (χ2v) is 7.12.